The summed E-state index contributed by atoms with van der Waals surface area (Å²) in [5.74, 6) is -1.32. The van der Waals surface area contributed by atoms with E-state index in [1.807, 2.05) is 0 Å². The molecule has 1 aromatic heterocycles. The maximum atomic E-state index is 13.4. The van der Waals surface area contributed by atoms with Crippen LogP contribution >= 0.6 is 11.6 Å². The number of hydrogen-bond donors (Lipinski definition) is 2. The average molecular weight is 349 g/mol. The van der Waals surface area contributed by atoms with Crippen LogP contribution in [0.3, 0.4) is 0 Å². The summed E-state index contributed by atoms with van der Waals surface area (Å²) in [4.78, 5) is 11.9. The first-order valence-corrected chi connectivity index (χ1v) is 6.65. The zero-order chi connectivity index (χ0) is 17.1. The van der Waals surface area contributed by atoms with Gasteiger partial charge in [-0.2, -0.15) is 27.1 Å². The van der Waals surface area contributed by atoms with Crippen molar-refractivity contribution < 1.29 is 26.7 Å². The molecule has 0 radical (unpaired) electrons. The Kier molecular flexibility index (Phi) is 5.74. The predicted molar refractivity (Wildman–Crippen MR) is 68.7 cm³/mol. The van der Waals surface area contributed by atoms with Crippen LogP contribution in [0.2, 0.25) is 0 Å². The Morgan fingerprint density at radius 3 is 2.36 bits per heavy atom. The molecule has 0 bridgehead atoms. The Labute approximate surface area is 127 Å². The molecule has 0 saturated heterocycles. The molecule has 22 heavy (non-hydrogen) atoms. The molecule has 1 rings (SSSR count). The summed E-state index contributed by atoms with van der Waals surface area (Å²) in [6.45, 7) is 1.11. The van der Waals surface area contributed by atoms with E-state index in [1.165, 1.54) is 6.92 Å². The average Bonchev–Trinajstić information content (AvgIpc) is 2.78. The zero-order valence-electron chi connectivity index (χ0n) is 11.5. The van der Waals surface area contributed by atoms with Gasteiger partial charge in [0, 0.05) is 13.1 Å². The molecule has 0 unspecified atom stereocenters. The number of carbonyl (C=O) groups is 1. The zero-order valence-corrected chi connectivity index (χ0v) is 12.2. The van der Waals surface area contributed by atoms with Gasteiger partial charge in [-0.1, -0.05) is 0 Å². The standard InChI is InChI=1S/C11H14ClF5N4O/c1-2-21-8(10(12,13)14)6(7(20-21)11(15,16)17)9(22)19-5-3-4-18/h2-5,18H2,1H3,(H,19,22). The number of nitrogens with one attached hydrogen (secondary N) is 1. The van der Waals surface area contributed by atoms with Crippen molar-refractivity contribution >= 4 is 17.5 Å². The summed E-state index contributed by atoms with van der Waals surface area (Å²) in [6, 6.07) is 0. The largest absolute Gasteiger partial charge is 0.435 e. The van der Waals surface area contributed by atoms with Crippen LogP contribution in [-0.2, 0) is 18.1 Å². The highest BCUT2D eigenvalue weighted by Crippen LogP contribution is 2.40. The van der Waals surface area contributed by atoms with Crippen LogP contribution in [0.25, 0.3) is 0 Å². The lowest BCUT2D eigenvalue weighted by atomic mass is 10.1. The molecule has 11 heteroatoms. The first-order chi connectivity index (χ1) is 10.0. The van der Waals surface area contributed by atoms with Crippen LogP contribution < -0.4 is 11.1 Å². The van der Waals surface area contributed by atoms with Crippen LogP contribution in [0.1, 0.15) is 35.1 Å². The van der Waals surface area contributed by atoms with Gasteiger partial charge in [0.15, 0.2) is 5.69 Å². The molecule has 1 heterocycles. The number of hydrogen-bond acceptors (Lipinski definition) is 3. The van der Waals surface area contributed by atoms with E-state index < -0.39 is 34.4 Å². The van der Waals surface area contributed by atoms with Gasteiger partial charge in [-0.15, -0.1) is 0 Å². The first kappa shape index (κ1) is 18.6. The smallest absolute Gasteiger partial charge is 0.352 e. The number of halogens is 6. The summed E-state index contributed by atoms with van der Waals surface area (Å²) in [7, 11) is 0. The van der Waals surface area contributed by atoms with Gasteiger partial charge in [-0.25, -0.2) is 0 Å². The lowest BCUT2D eigenvalue weighted by molar-refractivity contribution is -0.141. The number of carbonyl (C=O) groups excluding carboxylic acids is 1. The van der Waals surface area contributed by atoms with E-state index in [9.17, 15) is 26.7 Å². The fourth-order valence-electron chi connectivity index (χ4n) is 1.78. The maximum Gasteiger partial charge on any atom is 0.435 e. The lowest BCUT2D eigenvalue weighted by Crippen LogP contribution is -2.30. The highest BCUT2D eigenvalue weighted by molar-refractivity contribution is 6.22. The van der Waals surface area contributed by atoms with E-state index in [0.29, 0.717) is 4.68 Å². The third kappa shape index (κ3) is 4.07. The molecule has 0 atom stereocenters. The molecule has 1 aromatic rings. The third-order valence-electron chi connectivity index (χ3n) is 2.68. The summed E-state index contributed by atoms with van der Waals surface area (Å²) in [6.07, 6.45) is -4.79. The van der Waals surface area contributed by atoms with Crippen molar-refractivity contribution in [3.8, 4) is 0 Å². The Balaban J connectivity index is 3.42. The number of aromatic nitrogens is 2. The molecule has 0 aliphatic heterocycles. The highest BCUT2D eigenvalue weighted by atomic mass is 35.5. The van der Waals surface area contributed by atoms with Crippen molar-refractivity contribution in [1.82, 2.24) is 15.1 Å². The van der Waals surface area contributed by atoms with E-state index in [4.69, 9.17) is 17.3 Å². The molecule has 1 amide bonds. The Hall–Kier alpha value is -1.42. The summed E-state index contributed by atoms with van der Waals surface area (Å²) in [5, 5.41) is 0.982. The minimum atomic E-state index is -5.07. The van der Waals surface area contributed by atoms with Crippen molar-refractivity contribution in [3.63, 3.8) is 0 Å². The molecular formula is C11H14ClF5N4O. The van der Waals surface area contributed by atoms with Crippen molar-refractivity contribution in [2.75, 3.05) is 13.1 Å². The molecule has 0 saturated carbocycles. The van der Waals surface area contributed by atoms with Crippen molar-refractivity contribution in [2.45, 2.75) is 31.4 Å². The monoisotopic (exact) mass is 348 g/mol. The number of rotatable bonds is 6. The van der Waals surface area contributed by atoms with Crippen molar-refractivity contribution in [2.24, 2.45) is 5.73 Å². The van der Waals surface area contributed by atoms with Gasteiger partial charge >= 0.3 is 11.6 Å². The Morgan fingerprint density at radius 1 is 1.36 bits per heavy atom. The molecule has 0 spiro atoms. The molecule has 0 aliphatic carbocycles. The van der Waals surface area contributed by atoms with Gasteiger partial charge < -0.3 is 11.1 Å². The topological polar surface area (TPSA) is 72.9 Å². The molecule has 0 aromatic carbocycles. The number of aryl methyl sites for hydroxylation is 1. The number of alkyl halides is 6. The highest BCUT2D eigenvalue weighted by Gasteiger charge is 2.47. The second-order valence-corrected chi connectivity index (χ2v) is 4.76. The number of nitrogens with zero attached hydrogens (tertiary/aromatic N) is 2. The predicted octanol–water partition coefficient (Wildman–Crippen LogP) is 2.29. The number of amides is 1. The minimum absolute atomic E-state index is 0.0583. The van der Waals surface area contributed by atoms with Crippen LogP contribution in [0, 0.1) is 0 Å². The van der Waals surface area contributed by atoms with Gasteiger partial charge in [0.25, 0.3) is 5.91 Å². The van der Waals surface area contributed by atoms with E-state index >= 15 is 0 Å². The molecule has 0 fully saturated rings. The third-order valence-corrected chi connectivity index (χ3v) is 2.86. The second-order valence-electron chi connectivity index (χ2n) is 4.28. The Bertz CT molecular complexity index is 538. The normalized spacial score (nSPS) is 12.5. The molecular weight excluding hydrogens is 335 g/mol. The van der Waals surface area contributed by atoms with E-state index in [0.717, 1.165) is 0 Å². The van der Waals surface area contributed by atoms with Gasteiger partial charge in [-0.05, 0) is 31.5 Å². The maximum absolute atomic E-state index is 13.4. The molecule has 126 valence electrons. The minimum Gasteiger partial charge on any atom is -0.352 e. The van der Waals surface area contributed by atoms with Gasteiger partial charge in [0.1, 0.15) is 11.3 Å². The van der Waals surface area contributed by atoms with Crippen LogP contribution in [0.15, 0.2) is 0 Å². The molecule has 3 N–H and O–H groups in total. The van der Waals surface area contributed by atoms with E-state index in [-0.39, 0.29) is 26.1 Å². The van der Waals surface area contributed by atoms with Gasteiger partial charge in [0.05, 0.1) is 0 Å². The molecule has 0 aliphatic rings. The van der Waals surface area contributed by atoms with E-state index in [1.54, 1.807) is 0 Å². The quantitative estimate of drug-likeness (QED) is 0.470. The van der Waals surface area contributed by atoms with Gasteiger partial charge in [-0.3, -0.25) is 9.48 Å². The van der Waals surface area contributed by atoms with Crippen LogP contribution in [-0.4, -0.2) is 28.8 Å². The van der Waals surface area contributed by atoms with Crippen LogP contribution in [0.4, 0.5) is 22.0 Å². The fraction of sp³-hybridized carbons (Fsp3) is 0.636. The van der Waals surface area contributed by atoms with E-state index in [2.05, 4.69) is 10.4 Å². The first-order valence-electron chi connectivity index (χ1n) is 6.27. The Morgan fingerprint density at radius 2 is 1.95 bits per heavy atom. The lowest BCUT2D eigenvalue weighted by Gasteiger charge is -2.13. The number of nitrogens with two attached hydrogens (primary N) is 1. The van der Waals surface area contributed by atoms with Crippen molar-refractivity contribution in [3.05, 3.63) is 17.0 Å². The van der Waals surface area contributed by atoms with Crippen LogP contribution in [0.5, 0.6) is 0 Å². The van der Waals surface area contributed by atoms with Crippen molar-refractivity contribution in [1.29, 1.82) is 0 Å². The van der Waals surface area contributed by atoms with Gasteiger partial charge in [0.2, 0.25) is 0 Å². The summed E-state index contributed by atoms with van der Waals surface area (Å²) in [5.41, 5.74) is 0.934. The summed E-state index contributed by atoms with van der Waals surface area (Å²) < 4.78 is 66.1. The summed E-state index contributed by atoms with van der Waals surface area (Å²) >= 11 is 4.85. The SMILES string of the molecule is CCn1nc(C(F)(F)F)c(C(=O)NCCCN)c1C(F)(F)Cl. The molecule has 5 nitrogen and oxygen atoms in total. The fourth-order valence-corrected chi connectivity index (χ4v) is 1.98. The second kappa shape index (κ2) is 6.78.